The smallest absolute Gasteiger partial charge is 0.242 e. The van der Waals surface area contributed by atoms with Crippen LogP contribution in [0.1, 0.15) is 24.9 Å². The second-order valence-electron chi connectivity index (χ2n) is 4.58. The van der Waals surface area contributed by atoms with Crippen LogP contribution in [-0.4, -0.2) is 28.3 Å². The van der Waals surface area contributed by atoms with Gasteiger partial charge in [0.2, 0.25) is 5.88 Å². The van der Waals surface area contributed by atoms with Crippen LogP contribution in [0.4, 0.5) is 11.5 Å². The first-order valence-corrected chi connectivity index (χ1v) is 6.91. The Hall–Kier alpha value is -2.34. The fraction of sp³-hybridized carbons (Fsp3) is 0.333. The fourth-order valence-electron chi connectivity index (χ4n) is 1.89. The minimum atomic E-state index is -0.289. The molecule has 0 aliphatic carbocycles. The minimum Gasteiger partial charge on any atom is -0.476 e. The fourth-order valence-corrected chi connectivity index (χ4v) is 1.89. The normalized spacial score (nSPS) is 11.9. The molecular weight excluding hydrogens is 268 g/mol. The number of nitrogen functional groups attached to an aromatic ring is 1. The Morgan fingerprint density at radius 1 is 1.29 bits per heavy atom. The first-order valence-electron chi connectivity index (χ1n) is 6.91. The lowest BCUT2D eigenvalue weighted by Crippen LogP contribution is -2.17. The maximum absolute atomic E-state index is 9.56. The number of hydrogen-bond donors (Lipinski definition) is 3. The van der Waals surface area contributed by atoms with E-state index in [4.69, 9.17) is 10.5 Å². The topological polar surface area (TPSA) is 93.3 Å². The number of nitrogens with two attached hydrogens (primary N) is 1. The van der Waals surface area contributed by atoms with E-state index in [1.54, 1.807) is 0 Å². The highest BCUT2D eigenvalue weighted by Gasteiger charge is 2.15. The average Bonchev–Trinajstić information content (AvgIpc) is 2.53. The van der Waals surface area contributed by atoms with Gasteiger partial charge in [0.25, 0.3) is 0 Å². The molecule has 2 rings (SSSR count). The molecular formula is C15H20N4O2. The second kappa shape index (κ2) is 7.44. The van der Waals surface area contributed by atoms with Crippen molar-refractivity contribution in [2.75, 3.05) is 24.3 Å². The van der Waals surface area contributed by atoms with Gasteiger partial charge in [-0.05, 0) is 12.0 Å². The summed E-state index contributed by atoms with van der Waals surface area (Å²) < 4.78 is 5.47. The Bertz CT molecular complexity index is 563. The summed E-state index contributed by atoms with van der Waals surface area (Å²) in [5.74, 6) is 0.818. The molecule has 0 fully saturated rings. The van der Waals surface area contributed by atoms with Gasteiger partial charge in [-0.2, -0.15) is 4.98 Å². The van der Waals surface area contributed by atoms with E-state index in [2.05, 4.69) is 15.3 Å². The molecule has 0 aliphatic heterocycles. The number of anilines is 2. The molecule has 0 spiro atoms. The van der Waals surface area contributed by atoms with E-state index in [1.807, 2.05) is 37.3 Å². The van der Waals surface area contributed by atoms with Gasteiger partial charge in [-0.3, -0.25) is 0 Å². The van der Waals surface area contributed by atoms with Gasteiger partial charge in [0.1, 0.15) is 12.0 Å². The van der Waals surface area contributed by atoms with Gasteiger partial charge in [-0.1, -0.05) is 37.3 Å². The van der Waals surface area contributed by atoms with Gasteiger partial charge >= 0.3 is 0 Å². The molecule has 0 radical (unpaired) electrons. The van der Waals surface area contributed by atoms with E-state index in [0.717, 1.165) is 12.0 Å². The van der Waals surface area contributed by atoms with Crippen LogP contribution in [0.3, 0.4) is 0 Å². The van der Waals surface area contributed by atoms with Crippen LogP contribution in [0.15, 0.2) is 36.7 Å². The van der Waals surface area contributed by atoms with E-state index >= 15 is 0 Å². The molecule has 0 aliphatic rings. The lowest BCUT2D eigenvalue weighted by Gasteiger charge is -2.19. The summed E-state index contributed by atoms with van der Waals surface area (Å²) >= 11 is 0. The summed E-state index contributed by atoms with van der Waals surface area (Å²) in [5, 5.41) is 12.7. The Morgan fingerprint density at radius 2 is 2.05 bits per heavy atom. The van der Waals surface area contributed by atoms with Gasteiger partial charge in [0, 0.05) is 0 Å². The molecule has 0 saturated heterocycles. The van der Waals surface area contributed by atoms with Gasteiger partial charge in [-0.25, -0.2) is 4.98 Å². The number of aromatic nitrogens is 2. The molecule has 4 N–H and O–H groups in total. The molecule has 0 amide bonds. The van der Waals surface area contributed by atoms with Crippen molar-refractivity contribution < 1.29 is 9.84 Å². The second-order valence-corrected chi connectivity index (χ2v) is 4.58. The number of aliphatic hydroxyl groups is 1. The van der Waals surface area contributed by atoms with E-state index in [1.165, 1.54) is 6.33 Å². The largest absolute Gasteiger partial charge is 0.476 e. The monoisotopic (exact) mass is 288 g/mol. The number of rotatable bonds is 7. The van der Waals surface area contributed by atoms with Gasteiger partial charge in [-0.15, -0.1) is 0 Å². The third kappa shape index (κ3) is 3.82. The Labute approximate surface area is 124 Å². The Morgan fingerprint density at radius 3 is 2.71 bits per heavy atom. The summed E-state index contributed by atoms with van der Waals surface area (Å²) in [6, 6.07) is 9.33. The van der Waals surface area contributed by atoms with Crippen LogP contribution in [0.25, 0.3) is 0 Å². The third-order valence-corrected chi connectivity index (χ3v) is 2.99. The molecule has 1 atom stereocenters. The van der Waals surface area contributed by atoms with Crippen molar-refractivity contribution in [3.63, 3.8) is 0 Å². The Balaban J connectivity index is 2.18. The average molecular weight is 288 g/mol. The summed E-state index contributed by atoms with van der Waals surface area (Å²) in [6.07, 6.45) is 2.26. The van der Waals surface area contributed by atoms with E-state index in [0.29, 0.717) is 24.0 Å². The van der Waals surface area contributed by atoms with Crippen molar-refractivity contribution in [1.29, 1.82) is 0 Å². The summed E-state index contributed by atoms with van der Waals surface area (Å²) in [6.45, 7) is 2.48. The zero-order valence-electron chi connectivity index (χ0n) is 12.0. The molecule has 21 heavy (non-hydrogen) atoms. The molecule has 1 aromatic heterocycles. The van der Waals surface area contributed by atoms with Crippen molar-refractivity contribution in [2.45, 2.75) is 19.4 Å². The first-order chi connectivity index (χ1) is 10.3. The molecule has 0 bridgehead atoms. The van der Waals surface area contributed by atoms with Crippen LogP contribution in [0.5, 0.6) is 5.88 Å². The van der Waals surface area contributed by atoms with Crippen LogP contribution < -0.4 is 15.8 Å². The predicted molar refractivity (Wildman–Crippen MR) is 82.1 cm³/mol. The molecule has 6 heteroatoms. The highest BCUT2D eigenvalue weighted by atomic mass is 16.5. The third-order valence-electron chi connectivity index (χ3n) is 2.99. The number of nitrogens with zero attached hydrogens (tertiary/aromatic N) is 2. The predicted octanol–water partition coefficient (Wildman–Crippen LogP) is 1.99. The highest BCUT2D eigenvalue weighted by Crippen LogP contribution is 2.27. The molecule has 1 heterocycles. The summed E-state index contributed by atoms with van der Waals surface area (Å²) in [5.41, 5.74) is 7.31. The number of nitrogens with one attached hydrogen (secondary N) is 1. The quantitative estimate of drug-likeness (QED) is 0.721. The van der Waals surface area contributed by atoms with Crippen molar-refractivity contribution in [3.05, 3.63) is 42.2 Å². The SMILES string of the molecule is CCCOc1ncnc(NC(CO)c2ccccc2)c1N. The van der Waals surface area contributed by atoms with E-state index < -0.39 is 0 Å². The zero-order valence-corrected chi connectivity index (χ0v) is 12.0. The first kappa shape index (κ1) is 15.1. The highest BCUT2D eigenvalue weighted by molar-refractivity contribution is 5.67. The number of benzene rings is 1. The zero-order chi connectivity index (χ0) is 15.1. The number of aliphatic hydroxyl groups excluding tert-OH is 1. The van der Waals surface area contributed by atoms with Gasteiger partial charge < -0.3 is 20.9 Å². The van der Waals surface area contributed by atoms with Gasteiger partial charge in [0.05, 0.1) is 19.3 Å². The van der Waals surface area contributed by atoms with Crippen molar-refractivity contribution >= 4 is 11.5 Å². The molecule has 2 aromatic rings. The standard InChI is InChI=1S/C15H20N4O2/c1-2-8-21-15-13(16)14(17-10-18-15)19-12(9-20)11-6-4-3-5-7-11/h3-7,10,12,20H,2,8-9,16H2,1H3,(H,17,18,19). The van der Waals surface area contributed by atoms with Crippen LogP contribution in [-0.2, 0) is 0 Å². The maximum atomic E-state index is 9.56. The number of hydrogen-bond acceptors (Lipinski definition) is 6. The Kier molecular flexibility index (Phi) is 5.34. The maximum Gasteiger partial charge on any atom is 0.242 e. The van der Waals surface area contributed by atoms with Crippen molar-refractivity contribution in [1.82, 2.24) is 9.97 Å². The van der Waals surface area contributed by atoms with Crippen LogP contribution >= 0.6 is 0 Å². The number of ether oxygens (including phenoxy) is 1. The van der Waals surface area contributed by atoms with E-state index in [9.17, 15) is 5.11 Å². The van der Waals surface area contributed by atoms with Crippen molar-refractivity contribution in [2.24, 2.45) is 0 Å². The van der Waals surface area contributed by atoms with Crippen LogP contribution in [0.2, 0.25) is 0 Å². The van der Waals surface area contributed by atoms with E-state index in [-0.39, 0.29) is 12.6 Å². The lowest BCUT2D eigenvalue weighted by molar-refractivity contribution is 0.276. The van der Waals surface area contributed by atoms with Crippen LogP contribution in [0, 0.1) is 0 Å². The lowest BCUT2D eigenvalue weighted by atomic mass is 10.1. The van der Waals surface area contributed by atoms with Gasteiger partial charge in [0.15, 0.2) is 5.82 Å². The summed E-state index contributed by atoms with van der Waals surface area (Å²) in [7, 11) is 0. The molecule has 1 aromatic carbocycles. The molecule has 6 nitrogen and oxygen atoms in total. The minimum absolute atomic E-state index is 0.0708. The molecule has 112 valence electrons. The summed E-state index contributed by atoms with van der Waals surface area (Å²) in [4.78, 5) is 8.14. The molecule has 1 unspecified atom stereocenters. The van der Waals surface area contributed by atoms with Crippen molar-refractivity contribution in [3.8, 4) is 5.88 Å². The molecule has 0 saturated carbocycles.